The SMILES string of the molecule is CC(C)=CCC/C(C)=C/C[C@@H]1C[C@@]2(C/C=C(\C)CCC=C(C)C)C(=O)C(=C(O)c3ccc(O)c(O)c3)C(=O)[C@](CC=C(C)C)(C2=O)C1(C)C. The smallest absolute Gasteiger partial charge is 0.184 e. The minimum Gasteiger partial charge on any atom is -0.506 e. The molecule has 49 heavy (non-hydrogen) atoms. The predicted octanol–water partition coefficient (Wildman–Crippen LogP) is 10.6. The first-order chi connectivity index (χ1) is 22.8. The molecule has 3 rings (SSSR count). The van der Waals surface area contributed by atoms with E-state index in [1.807, 2.05) is 46.8 Å². The predicted molar refractivity (Wildman–Crippen MR) is 199 cm³/mol. The number of carbonyl (C=O) groups is 3. The summed E-state index contributed by atoms with van der Waals surface area (Å²) in [7, 11) is 0. The Hall–Kier alpha value is -3.93. The summed E-state index contributed by atoms with van der Waals surface area (Å²) in [5, 5.41) is 31.9. The number of phenolic OH excluding ortho intramolecular Hbond substituents is 2. The highest BCUT2D eigenvalue weighted by molar-refractivity contribution is 6.41. The maximum atomic E-state index is 15.2. The van der Waals surface area contributed by atoms with Gasteiger partial charge in [0, 0.05) is 5.56 Å². The van der Waals surface area contributed by atoms with Crippen LogP contribution in [-0.2, 0) is 14.4 Å². The maximum Gasteiger partial charge on any atom is 0.184 e. The van der Waals surface area contributed by atoms with Gasteiger partial charge in [-0.25, -0.2) is 0 Å². The largest absolute Gasteiger partial charge is 0.506 e. The Morgan fingerprint density at radius 1 is 0.735 bits per heavy atom. The van der Waals surface area contributed by atoms with E-state index in [-0.39, 0.29) is 36.5 Å². The molecular formula is C43H58O6. The summed E-state index contributed by atoms with van der Waals surface area (Å²) in [5.74, 6) is -3.36. The summed E-state index contributed by atoms with van der Waals surface area (Å²) in [5.41, 5.74) is 1.27. The van der Waals surface area contributed by atoms with E-state index in [1.54, 1.807) is 0 Å². The van der Waals surface area contributed by atoms with Crippen molar-refractivity contribution in [3.8, 4) is 11.5 Å². The third kappa shape index (κ3) is 8.11. The Balaban J connectivity index is 2.32. The van der Waals surface area contributed by atoms with Crippen LogP contribution in [0.2, 0.25) is 0 Å². The lowest BCUT2D eigenvalue weighted by atomic mass is 9.38. The van der Waals surface area contributed by atoms with E-state index in [9.17, 15) is 20.1 Å². The number of rotatable bonds is 13. The van der Waals surface area contributed by atoms with Gasteiger partial charge in [0.15, 0.2) is 28.8 Å². The van der Waals surface area contributed by atoms with Crippen LogP contribution in [0.3, 0.4) is 0 Å². The van der Waals surface area contributed by atoms with Crippen LogP contribution in [0.25, 0.3) is 5.76 Å². The molecule has 2 bridgehead atoms. The van der Waals surface area contributed by atoms with Gasteiger partial charge in [0.05, 0.1) is 5.41 Å². The van der Waals surface area contributed by atoms with Crippen LogP contribution < -0.4 is 0 Å². The minimum atomic E-state index is -1.61. The number of aliphatic hydroxyl groups is 1. The van der Waals surface area contributed by atoms with E-state index in [1.165, 1.54) is 28.9 Å². The van der Waals surface area contributed by atoms with Gasteiger partial charge in [-0.15, -0.1) is 0 Å². The highest BCUT2D eigenvalue weighted by Gasteiger charge is 2.73. The van der Waals surface area contributed by atoms with Crippen LogP contribution in [0, 0.1) is 22.2 Å². The minimum absolute atomic E-state index is 0.0182. The third-order valence-corrected chi connectivity index (χ3v) is 10.8. The van der Waals surface area contributed by atoms with Crippen LogP contribution in [-0.4, -0.2) is 32.7 Å². The second-order valence-corrected chi connectivity index (χ2v) is 15.7. The van der Waals surface area contributed by atoms with E-state index in [4.69, 9.17) is 0 Å². The molecular weight excluding hydrogens is 612 g/mol. The fraction of sp³-hybridized carbons (Fsp3) is 0.512. The summed E-state index contributed by atoms with van der Waals surface area (Å²) >= 11 is 0. The number of ketones is 3. The molecule has 2 saturated carbocycles. The van der Waals surface area contributed by atoms with Crippen molar-refractivity contribution in [3.63, 3.8) is 0 Å². The molecule has 0 aliphatic heterocycles. The Morgan fingerprint density at radius 2 is 1.29 bits per heavy atom. The first kappa shape index (κ1) is 39.5. The number of hydrogen-bond donors (Lipinski definition) is 3. The van der Waals surface area contributed by atoms with E-state index < -0.39 is 50.6 Å². The van der Waals surface area contributed by atoms with Crippen molar-refractivity contribution in [3.05, 3.63) is 87.6 Å². The van der Waals surface area contributed by atoms with Gasteiger partial charge in [-0.1, -0.05) is 72.1 Å². The Kier molecular flexibility index (Phi) is 12.7. The summed E-state index contributed by atoms with van der Waals surface area (Å²) in [4.78, 5) is 45.1. The van der Waals surface area contributed by atoms with Crippen molar-refractivity contribution < 1.29 is 29.7 Å². The summed E-state index contributed by atoms with van der Waals surface area (Å²) in [6.07, 6.45) is 15.0. The molecule has 0 amide bonds. The topological polar surface area (TPSA) is 112 Å². The second-order valence-electron chi connectivity index (χ2n) is 15.7. The number of carbonyl (C=O) groups excluding carboxylic acids is 3. The van der Waals surface area contributed by atoms with Gasteiger partial charge in [-0.2, -0.15) is 0 Å². The van der Waals surface area contributed by atoms with Crippen LogP contribution in [0.5, 0.6) is 11.5 Å². The first-order valence-electron chi connectivity index (χ1n) is 17.6. The maximum absolute atomic E-state index is 15.2. The number of aromatic hydroxyl groups is 2. The standard InChI is InChI=1S/C43H58O6/c1-27(2)13-11-15-30(7)17-19-33-26-42(23-22-31(8)16-12-14-28(3)4)38(47)36(37(46)32-18-20-34(44)35(45)25-32)39(48)43(40(42)49,41(33,9)10)24-21-29(5)6/h13-14,17-18,20-22,25,33,44-46H,11-12,15-16,19,23-24,26H2,1-10H3/b30-17+,31-22+,37-36?/t33-,42+,43-/m1/s1. The van der Waals surface area contributed by atoms with E-state index in [0.717, 1.165) is 42.9 Å². The Labute approximate surface area is 294 Å². The van der Waals surface area contributed by atoms with Gasteiger partial charge in [-0.3, -0.25) is 14.4 Å². The van der Waals surface area contributed by atoms with Crippen molar-refractivity contribution >= 4 is 23.1 Å². The lowest BCUT2D eigenvalue weighted by molar-refractivity contribution is -0.176. The molecule has 0 aromatic heterocycles. The average Bonchev–Trinajstić information content (AvgIpc) is 3.00. The number of phenols is 2. The highest BCUT2D eigenvalue weighted by atomic mass is 16.3. The Bertz CT molecular complexity index is 1650. The summed E-state index contributed by atoms with van der Waals surface area (Å²) in [6, 6.07) is 3.68. The Morgan fingerprint density at radius 3 is 1.82 bits per heavy atom. The third-order valence-electron chi connectivity index (χ3n) is 10.8. The molecule has 2 aliphatic rings. The second kappa shape index (κ2) is 15.7. The van der Waals surface area contributed by atoms with Crippen LogP contribution in [0.15, 0.2) is 82.0 Å². The number of benzene rings is 1. The average molecular weight is 671 g/mol. The number of fused-ring (bicyclic) bond motifs is 2. The quantitative estimate of drug-likeness (QED) is 0.0481. The molecule has 0 radical (unpaired) electrons. The number of aliphatic hydroxyl groups excluding tert-OH is 1. The normalized spacial score (nSPS) is 24.8. The van der Waals surface area contributed by atoms with Crippen LogP contribution in [0.1, 0.15) is 126 Å². The van der Waals surface area contributed by atoms with Gasteiger partial charge in [0.2, 0.25) is 0 Å². The monoisotopic (exact) mass is 670 g/mol. The molecule has 0 unspecified atom stereocenters. The molecule has 266 valence electrons. The first-order valence-corrected chi connectivity index (χ1v) is 17.6. The number of Topliss-reactive ketones (excluding diaryl/α,β-unsaturated/α-hetero) is 3. The molecule has 0 saturated heterocycles. The zero-order valence-electron chi connectivity index (χ0n) is 31.4. The van der Waals surface area contributed by atoms with Crippen molar-refractivity contribution in [1.82, 2.24) is 0 Å². The van der Waals surface area contributed by atoms with Crippen LogP contribution >= 0.6 is 0 Å². The molecule has 2 aliphatic carbocycles. The zero-order valence-corrected chi connectivity index (χ0v) is 31.4. The molecule has 3 atom stereocenters. The van der Waals surface area contributed by atoms with E-state index in [0.29, 0.717) is 6.42 Å². The van der Waals surface area contributed by atoms with E-state index in [2.05, 4.69) is 52.8 Å². The lowest BCUT2D eigenvalue weighted by Gasteiger charge is -2.60. The van der Waals surface area contributed by atoms with E-state index >= 15 is 9.59 Å². The van der Waals surface area contributed by atoms with Gasteiger partial charge < -0.3 is 15.3 Å². The fourth-order valence-electron chi connectivity index (χ4n) is 7.52. The number of hydrogen-bond acceptors (Lipinski definition) is 6. The molecule has 6 heteroatoms. The van der Waals surface area contributed by atoms with Crippen molar-refractivity contribution in [2.75, 3.05) is 0 Å². The molecule has 2 fully saturated rings. The zero-order chi connectivity index (χ0) is 36.9. The number of allylic oxidation sites excluding steroid dienone is 11. The van der Waals surface area contributed by atoms with Crippen molar-refractivity contribution in [1.29, 1.82) is 0 Å². The molecule has 1 aromatic carbocycles. The molecule has 3 N–H and O–H groups in total. The molecule has 0 heterocycles. The van der Waals surface area contributed by atoms with Crippen LogP contribution in [0.4, 0.5) is 0 Å². The molecule has 0 spiro atoms. The highest BCUT2D eigenvalue weighted by Crippen LogP contribution is 2.65. The lowest BCUT2D eigenvalue weighted by Crippen LogP contribution is -2.69. The molecule has 6 nitrogen and oxygen atoms in total. The molecule has 1 aromatic rings. The van der Waals surface area contributed by atoms with Gasteiger partial charge >= 0.3 is 0 Å². The van der Waals surface area contributed by atoms with Crippen molar-refractivity contribution in [2.45, 2.75) is 121 Å². The van der Waals surface area contributed by atoms with Crippen molar-refractivity contribution in [2.24, 2.45) is 22.2 Å². The summed E-state index contributed by atoms with van der Waals surface area (Å²) in [6.45, 7) is 20.2. The van der Waals surface area contributed by atoms with Gasteiger partial charge in [0.25, 0.3) is 0 Å². The van der Waals surface area contributed by atoms with Gasteiger partial charge in [0.1, 0.15) is 16.7 Å². The fourth-order valence-corrected chi connectivity index (χ4v) is 7.52. The van der Waals surface area contributed by atoms with Gasteiger partial charge in [-0.05, 0) is 136 Å². The summed E-state index contributed by atoms with van der Waals surface area (Å²) < 4.78 is 0.